The molecule has 0 saturated carbocycles. The number of nitrogens with one attached hydrogen (secondary N) is 2. The summed E-state index contributed by atoms with van der Waals surface area (Å²) in [6.45, 7) is 12.1. The molecular weight excluding hydrogens is 322 g/mol. The van der Waals surface area contributed by atoms with Crippen LogP contribution < -0.4 is 15.5 Å². The summed E-state index contributed by atoms with van der Waals surface area (Å²) >= 11 is 6.31. The molecule has 0 aliphatic carbocycles. The van der Waals surface area contributed by atoms with Gasteiger partial charge in [-0.15, -0.1) is 0 Å². The SMILES string of the molecule is CN=C(NCCNC(C)(C)C)N1CCN(c2ccccc2Cl)CC1. The van der Waals surface area contributed by atoms with Gasteiger partial charge in [0.25, 0.3) is 0 Å². The first-order chi connectivity index (χ1) is 11.4. The van der Waals surface area contributed by atoms with Crippen molar-refractivity contribution >= 4 is 23.2 Å². The van der Waals surface area contributed by atoms with E-state index in [-0.39, 0.29) is 5.54 Å². The number of piperazine rings is 1. The maximum Gasteiger partial charge on any atom is 0.193 e. The van der Waals surface area contributed by atoms with Crippen molar-refractivity contribution in [1.82, 2.24) is 15.5 Å². The number of hydrogen-bond acceptors (Lipinski definition) is 3. The van der Waals surface area contributed by atoms with Gasteiger partial charge in [0, 0.05) is 51.9 Å². The van der Waals surface area contributed by atoms with Crippen LogP contribution in [-0.4, -0.2) is 62.7 Å². The van der Waals surface area contributed by atoms with Crippen LogP contribution in [0.1, 0.15) is 20.8 Å². The number of para-hydroxylation sites is 1. The first-order valence-corrected chi connectivity index (χ1v) is 8.98. The molecule has 5 nitrogen and oxygen atoms in total. The van der Waals surface area contributed by atoms with Crippen molar-refractivity contribution in [3.8, 4) is 0 Å². The molecule has 0 bridgehead atoms. The molecule has 0 radical (unpaired) electrons. The van der Waals surface area contributed by atoms with Crippen molar-refractivity contribution in [2.75, 3.05) is 51.2 Å². The van der Waals surface area contributed by atoms with E-state index in [1.54, 1.807) is 0 Å². The van der Waals surface area contributed by atoms with Crippen LogP contribution in [0.4, 0.5) is 5.69 Å². The smallest absolute Gasteiger partial charge is 0.193 e. The van der Waals surface area contributed by atoms with Crippen LogP contribution in [0.2, 0.25) is 5.02 Å². The highest BCUT2D eigenvalue weighted by atomic mass is 35.5. The zero-order valence-corrected chi connectivity index (χ0v) is 16.0. The zero-order chi connectivity index (χ0) is 17.6. The normalized spacial score (nSPS) is 16.5. The molecule has 1 aromatic carbocycles. The number of halogens is 1. The Balaban J connectivity index is 1.81. The molecule has 2 rings (SSSR count). The summed E-state index contributed by atoms with van der Waals surface area (Å²) in [6, 6.07) is 8.05. The van der Waals surface area contributed by atoms with E-state index >= 15 is 0 Å². The van der Waals surface area contributed by atoms with Crippen molar-refractivity contribution in [2.45, 2.75) is 26.3 Å². The largest absolute Gasteiger partial charge is 0.367 e. The van der Waals surface area contributed by atoms with Crippen LogP contribution in [-0.2, 0) is 0 Å². The molecule has 0 spiro atoms. The van der Waals surface area contributed by atoms with Crippen LogP contribution >= 0.6 is 11.6 Å². The van der Waals surface area contributed by atoms with E-state index in [0.29, 0.717) is 0 Å². The summed E-state index contributed by atoms with van der Waals surface area (Å²) in [5.41, 5.74) is 1.27. The summed E-state index contributed by atoms with van der Waals surface area (Å²) in [5.74, 6) is 0.976. The third-order valence-corrected chi connectivity index (χ3v) is 4.37. The number of rotatable bonds is 4. The third-order valence-electron chi connectivity index (χ3n) is 4.05. The van der Waals surface area contributed by atoms with Crippen molar-refractivity contribution < 1.29 is 0 Å². The number of anilines is 1. The van der Waals surface area contributed by atoms with E-state index in [2.05, 4.69) is 52.3 Å². The van der Waals surface area contributed by atoms with Crippen LogP contribution in [0.3, 0.4) is 0 Å². The molecule has 1 fully saturated rings. The van der Waals surface area contributed by atoms with E-state index in [1.165, 1.54) is 0 Å². The lowest BCUT2D eigenvalue weighted by atomic mass is 10.1. The topological polar surface area (TPSA) is 42.9 Å². The Morgan fingerprint density at radius 3 is 2.38 bits per heavy atom. The molecule has 24 heavy (non-hydrogen) atoms. The molecule has 1 heterocycles. The summed E-state index contributed by atoms with van der Waals surface area (Å²) in [4.78, 5) is 9.07. The van der Waals surface area contributed by atoms with Gasteiger partial charge in [-0.05, 0) is 32.9 Å². The van der Waals surface area contributed by atoms with Crippen molar-refractivity contribution in [3.63, 3.8) is 0 Å². The second kappa shape index (κ2) is 8.58. The van der Waals surface area contributed by atoms with Gasteiger partial charge in [0.05, 0.1) is 10.7 Å². The summed E-state index contributed by atoms with van der Waals surface area (Å²) in [6.07, 6.45) is 0. The van der Waals surface area contributed by atoms with Gasteiger partial charge in [-0.1, -0.05) is 23.7 Å². The fourth-order valence-corrected chi connectivity index (χ4v) is 3.07. The van der Waals surface area contributed by atoms with E-state index in [0.717, 1.165) is 55.9 Å². The van der Waals surface area contributed by atoms with Crippen LogP contribution in [0.5, 0.6) is 0 Å². The van der Waals surface area contributed by atoms with Crippen LogP contribution in [0.15, 0.2) is 29.3 Å². The maximum atomic E-state index is 6.31. The number of aliphatic imine (C=N–C) groups is 1. The Kier molecular flexibility index (Phi) is 6.75. The third kappa shape index (κ3) is 5.56. The van der Waals surface area contributed by atoms with E-state index in [4.69, 9.17) is 11.6 Å². The minimum absolute atomic E-state index is 0.145. The van der Waals surface area contributed by atoms with Gasteiger partial charge in [0.15, 0.2) is 5.96 Å². The van der Waals surface area contributed by atoms with E-state index in [9.17, 15) is 0 Å². The molecule has 0 atom stereocenters. The van der Waals surface area contributed by atoms with Gasteiger partial charge < -0.3 is 20.4 Å². The zero-order valence-electron chi connectivity index (χ0n) is 15.3. The fourth-order valence-electron chi connectivity index (χ4n) is 2.81. The molecule has 1 aliphatic rings. The number of nitrogens with zero attached hydrogens (tertiary/aromatic N) is 3. The molecule has 2 N–H and O–H groups in total. The van der Waals surface area contributed by atoms with E-state index < -0.39 is 0 Å². The van der Waals surface area contributed by atoms with Gasteiger partial charge in [-0.3, -0.25) is 4.99 Å². The Hall–Kier alpha value is -1.46. The lowest BCUT2D eigenvalue weighted by Gasteiger charge is -2.38. The average Bonchev–Trinajstić information content (AvgIpc) is 2.55. The monoisotopic (exact) mass is 351 g/mol. The van der Waals surface area contributed by atoms with Gasteiger partial charge >= 0.3 is 0 Å². The lowest BCUT2D eigenvalue weighted by Crippen LogP contribution is -2.53. The highest BCUT2D eigenvalue weighted by Gasteiger charge is 2.20. The number of hydrogen-bond donors (Lipinski definition) is 2. The highest BCUT2D eigenvalue weighted by Crippen LogP contribution is 2.25. The minimum atomic E-state index is 0.145. The molecule has 0 aromatic heterocycles. The van der Waals surface area contributed by atoms with Gasteiger partial charge in [0.1, 0.15) is 0 Å². The minimum Gasteiger partial charge on any atom is -0.367 e. The number of benzene rings is 1. The lowest BCUT2D eigenvalue weighted by molar-refractivity contribution is 0.369. The Morgan fingerprint density at radius 2 is 1.79 bits per heavy atom. The van der Waals surface area contributed by atoms with Crippen LogP contribution in [0.25, 0.3) is 0 Å². The Bertz CT molecular complexity index is 545. The van der Waals surface area contributed by atoms with Gasteiger partial charge in [0.2, 0.25) is 0 Å². The van der Waals surface area contributed by atoms with Gasteiger partial charge in [-0.25, -0.2) is 0 Å². The highest BCUT2D eigenvalue weighted by molar-refractivity contribution is 6.33. The summed E-state index contributed by atoms with van der Waals surface area (Å²) < 4.78 is 0. The Morgan fingerprint density at radius 1 is 1.12 bits per heavy atom. The predicted molar refractivity (Wildman–Crippen MR) is 104 cm³/mol. The molecule has 0 amide bonds. The number of guanidine groups is 1. The summed E-state index contributed by atoms with van der Waals surface area (Å²) in [5, 5.41) is 7.75. The molecule has 1 saturated heterocycles. The first kappa shape index (κ1) is 18.9. The molecule has 1 aromatic rings. The van der Waals surface area contributed by atoms with Crippen LogP contribution in [0, 0.1) is 0 Å². The molecule has 134 valence electrons. The van der Waals surface area contributed by atoms with E-state index in [1.807, 2.05) is 25.2 Å². The summed E-state index contributed by atoms with van der Waals surface area (Å²) in [7, 11) is 1.85. The van der Waals surface area contributed by atoms with Crippen molar-refractivity contribution in [3.05, 3.63) is 29.3 Å². The molecule has 6 heteroatoms. The molecule has 0 unspecified atom stereocenters. The predicted octanol–water partition coefficient (Wildman–Crippen LogP) is 2.43. The standard InChI is InChI=1S/C18H30ClN5/c1-18(2,3)22-10-9-21-17(20-4)24-13-11-23(12-14-24)16-8-6-5-7-15(16)19/h5-8,22H,9-14H2,1-4H3,(H,20,21). The van der Waals surface area contributed by atoms with Crippen molar-refractivity contribution in [2.24, 2.45) is 4.99 Å². The second-order valence-corrected chi connectivity index (χ2v) is 7.48. The molecular formula is C18H30ClN5. The van der Waals surface area contributed by atoms with Gasteiger partial charge in [-0.2, -0.15) is 0 Å². The quantitative estimate of drug-likeness (QED) is 0.496. The first-order valence-electron chi connectivity index (χ1n) is 8.61. The fraction of sp³-hybridized carbons (Fsp3) is 0.611. The Labute approximate surface area is 151 Å². The second-order valence-electron chi connectivity index (χ2n) is 7.08. The molecule has 1 aliphatic heterocycles. The maximum absolute atomic E-state index is 6.31. The van der Waals surface area contributed by atoms with Crippen molar-refractivity contribution in [1.29, 1.82) is 0 Å². The average molecular weight is 352 g/mol.